The summed E-state index contributed by atoms with van der Waals surface area (Å²) in [6.07, 6.45) is 0. The van der Waals surface area contributed by atoms with Gasteiger partial charge in [-0.05, 0) is 19.8 Å². The van der Waals surface area contributed by atoms with Crippen LogP contribution in [0.1, 0.15) is 27.7 Å². The molecule has 0 saturated heterocycles. The van der Waals surface area contributed by atoms with E-state index in [9.17, 15) is 4.79 Å². The van der Waals surface area contributed by atoms with Gasteiger partial charge in [-0.3, -0.25) is 4.79 Å². The number of hydrogen-bond donors (Lipinski definition) is 2. The topological polar surface area (TPSA) is 72.5 Å². The molecule has 0 aromatic carbocycles. The summed E-state index contributed by atoms with van der Waals surface area (Å²) in [5.74, 6) is 0.334. The Hall–Kier alpha value is -0.260. The molecule has 0 radical (unpaired) electrons. The van der Waals surface area contributed by atoms with Crippen molar-refractivity contribution in [2.45, 2.75) is 38.5 Å². The van der Waals surface area contributed by atoms with Crippen molar-refractivity contribution in [1.29, 1.82) is 0 Å². The number of ether oxygens (including phenoxy) is 1. The highest BCUT2D eigenvalue weighted by atomic mass is 32.2. The first-order chi connectivity index (χ1) is 7.27. The number of carboxylic acids is 1. The number of aliphatic carboxylic acids is 1. The maximum absolute atomic E-state index is 10.8. The van der Waals surface area contributed by atoms with Gasteiger partial charge in [0.25, 0.3) is 0 Å². The molecule has 0 saturated carbocycles. The fourth-order valence-corrected chi connectivity index (χ4v) is 2.08. The quantitative estimate of drug-likeness (QED) is 0.639. The van der Waals surface area contributed by atoms with Crippen LogP contribution >= 0.6 is 11.8 Å². The van der Waals surface area contributed by atoms with Gasteiger partial charge in [0, 0.05) is 17.1 Å². The van der Waals surface area contributed by atoms with Gasteiger partial charge in [0.1, 0.15) is 6.04 Å². The molecule has 0 rings (SSSR count). The fraction of sp³-hybridized carbons (Fsp3) is 0.909. The minimum absolute atomic E-state index is 0.465. The second-order valence-corrected chi connectivity index (χ2v) is 6.49. The minimum Gasteiger partial charge on any atom is -0.480 e. The lowest BCUT2D eigenvalue weighted by atomic mass is 10.1. The predicted octanol–water partition coefficient (Wildman–Crippen LogP) is 1.58. The van der Waals surface area contributed by atoms with Crippen LogP contribution in [-0.4, -0.2) is 40.8 Å². The first-order valence-corrected chi connectivity index (χ1v) is 6.46. The van der Waals surface area contributed by atoms with E-state index in [1.165, 1.54) is 11.8 Å². The molecule has 4 nitrogen and oxygen atoms in total. The Balaban J connectivity index is 3.78. The summed E-state index contributed by atoms with van der Waals surface area (Å²) in [6.45, 7) is 9.26. The van der Waals surface area contributed by atoms with Crippen LogP contribution in [0.5, 0.6) is 0 Å². The molecule has 5 heteroatoms. The van der Waals surface area contributed by atoms with E-state index >= 15 is 0 Å². The van der Waals surface area contributed by atoms with E-state index in [1.54, 1.807) is 0 Å². The predicted molar refractivity (Wildman–Crippen MR) is 67.8 cm³/mol. The Morgan fingerprint density at radius 1 is 1.50 bits per heavy atom. The molecule has 16 heavy (non-hydrogen) atoms. The van der Waals surface area contributed by atoms with Crippen LogP contribution in [0.15, 0.2) is 0 Å². The van der Waals surface area contributed by atoms with E-state index in [-0.39, 0.29) is 0 Å². The monoisotopic (exact) mass is 249 g/mol. The van der Waals surface area contributed by atoms with Crippen molar-refractivity contribution < 1.29 is 14.6 Å². The second kappa shape index (κ2) is 7.14. The molecule has 0 aliphatic heterocycles. The summed E-state index contributed by atoms with van der Waals surface area (Å²) in [7, 11) is 0. The molecule has 0 fully saturated rings. The summed E-state index contributed by atoms with van der Waals surface area (Å²) >= 11 is 1.54. The highest BCUT2D eigenvalue weighted by Gasteiger charge is 2.32. The van der Waals surface area contributed by atoms with Crippen molar-refractivity contribution in [1.82, 2.24) is 0 Å². The molecule has 0 unspecified atom stereocenters. The van der Waals surface area contributed by atoms with Crippen LogP contribution in [0.3, 0.4) is 0 Å². The highest BCUT2D eigenvalue weighted by Crippen LogP contribution is 2.27. The Labute approximate surface area is 102 Å². The van der Waals surface area contributed by atoms with Crippen molar-refractivity contribution in [3.05, 3.63) is 0 Å². The number of carbonyl (C=O) groups is 1. The third-order valence-corrected chi connectivity index (χ3v) is 3.54. The molecule has 0 spiro atoms. The van der Waals surface area contributed by atoms with E-state index < -0.39 is 16.8 Å². The lowest BCUT2D eigenvalue weighted by Gasteiger charge is -2.27. The summed E-state index contributed by atoms with van der Waals surface area (Å²) in [5, 5.41) is 8.82. The van der Waals surface area contributed by atoms with Crippen molar-refractivity contribution >= 4 is 17.7 Å². The zero-order valence-corrected chi connectivity index (χ0v) is 11.3. The normalized spacial score (nSPS) is 14.1. The molecule has 0 aliphatic rings. The highest BCUT2D eigenvalue weighted by molar-refractivity contribution is 8.00. The van der Waals surface area contributed by atoms with E-state index in [0.717, 1.165) is 12.4 Å². The Morgan fingerprint density at radius 3 is 2.50 bits per heavy atom. The van der Waals surface area contributed by atoms with Gasteiger partial charge in [-0.25, -0.2) is 0 Å². The van der Waals surface area contributed by atoms with Crippen molar-refractivity contribution in [2.24, 2.45) is 11.7 Å². The van der Waals surface area contributed by atoms with E-state index in [0.29, 0.717) is 12.5 Å². The molecule has 96 valence electrons. The lowest BCUT2D eigenvalue weighted by molar-refractivity contribution is -0.139. The van der Waals surface area contributed by atoms with Gasteiger partial charge in [-0.1, -0.05) is 13.8 Å². The van der Waals surface area contributed by atoms with Gasteiger partial charge >= 0.3 is 5.97 Å². The average molecular weight is 249 g/mol. The van der Waals surface area contributed by atoms with Gasteiger partial charge in [0.15, 0.2) is 0 Å². The van der Waals surface area contributed by atoms with Gasteiger partial charge in [0.05, 0.1) is 6.61 Å². The summed E-state index contributed by atoms with van der Waals surface area (Å²) in [5.41, 5.74) is 5.60. The zero-order valence-electron chi connectivity index (χ0n) is 10.5. The minimum atomic E-state index is -0.958. The summed E-state index contributed by atoms with van der Waals surface area (Å²) in [6, 6.07) is -0.845. The van der Waals surface area contributed by atoms with Gasteiger partial charge in [0.2, 0.25) is 0 Å². The number of thioether (sulfide) groups is 1. The van der Waals surface area contributed by atoms with Crippen molar-refractivity contribution in [2.75, 3.05) is 19.0 Å². The standard InChI is InChI=1S/C11H23NO3S/c1-8(2)7-15-5-6-16-11(3,4)9(12)10(13)14/h8-9H,5-7,12H2,1-4H3,(H,13,14)/t9-/m0/s1. The third-order valence-electron chi connectivity index (χ3n) is 2.17. The molecular formula is C11H23NO3S. The van der Waals surface area contributed by atoms with Crippen LogP contribution in [0.25, 0.3) is 0 Å². The van der Waals surface area contributed by atoms with Gasteiger partial charge < -0.3 is 15.6 Å². The molecular weight excluding hydrogens is 226 g/mol. The van der Waals surface area contributed by atoms with Crippen LogP contribution in [0, 0.1) is 5.92 Å². The molecule has 0 aromatic rings. The third kappa shape index (κ3) is 6.35. The smallest absolute Gasteiger partial charge is 0.321 e. The second-order valence-electron chi connectivity index (χ2n) is 4.74. The molecule has 0 bridgehead atoms. The Kier molecular flexibility index (Phi) is 7.03. The molecule has 0 heterocycles. The molecule has 3 N–H and O–H groups in total. The average Bonchev–Trinajstić information content (AvgIpc) is 2.15. The Bertz CT molecular complexity index is 219. The maximum Gasteiger partial charge on any atom is 0.321 e. The zero-order chi connectivity index (χ0) is 12.8. The van der Waals surface area contributed by atoms with E-state index in [2.05, 4.69) is 13.8 Å². The van der Waals surface area contributed by atoms with Crippen molar-refractivity contribution in [3.63, 3.8) is 0 Å². The first kappa shape index (κ1) is 15.7. The number of nitrogens with two attached hydrogens (primary N) is 1. The maximum atomic E-state index is 10.8. The van der Waals surface area contributed by atoms with Gasteiger partial charge in [-0.15, -0.1) is 0 Å². The number of hydrogen-bond acceptors (Lipinski definition) is 4. The van der Waals surface area contributed by atoms with Gasteiger partial charge in [-0.2, -0.15) is 11.8 Å². The van der Waals surface area contributed by atoms with Crippen LogP contribution in [-0.2, 0) is 9.53 Å². The number of rotatable bonds is 8. The van der Waals surface area contributed by atoms with Crippen LogP contribution in [0.2, 0.25) is 0 Å². The lowest BCUT2D eigenvalue weighted by Crippen LogP contribution is -2.47. The van der Waals surface area contributed by atoms with E-state index in [1.807, 2.05) is 13.8 Å². The Morgan fingerprint density at radius 2 is 2.06 bits per heavy atom. The summed E-state index contributed by atoms with van der Waals surface area (Å²) in [4.78, 5) is 10.8. The van der Waals surface area contributed by atoms with Crippen molar-refractivity contribution in [3.8, 4) is 0 Å². The largest absolute Gasteiger partial charge is 0.480 e. The fourth-order valence-electron chi connectivity index (χ4n) is 1.07. The molecule has 0 amide bonds. The van der Waals surface area contributed by atoms with Crippen LogP contribution in [0.4, 0.5) is 0 Å². The van der Waals surface area contributed by atoms with E-state index in [4.69, 9.17) is 15.6 Å². The number of carboxylic acid groups (broad SMARTS) is 1. The molecule has 0 aromatic heterocycles. The summed E-state index contributed by atoms with van der Waals surface area (Å²) < 4.78 is 4.96. The SMILES string of the molecule is CC(C)COCCSC(C)(C)[C@@H](N)C(=O)O. The first-order valence-electron chi connectivity index (χ1n) is 5.47. The molecule has 1 atom stereocenters. The molecule has 0 aliphatic carbocycles. The van der Waals surface area contributed by atoms with Crippen LogP contribution < -0.4 is 5.73 Å².